The molecular formula is C31H22IrNOS-. The number of benzene rings is 5. The zero-order valence-corrected chi connectivity index (χ0v) is 22.6. The average molecular weight is 649 g/mol. The predicted octanol–water partition coefficient (Wildman–Crippen LogP) is 7.84. The summed E-state index contributed by atoms with van der Waals surface area (Å²) < 4.78 is 14.0. The van der Waals surface area contributed by atoms with Gasteiger partial charge in [-0.05, 0) is 67.2 Å². The van der Waals surface area contributed by atoms with Crippen LogP contribution in [0.25, 0.3) is 54.3 Å². The quantitative estimate of drug-likeness (QED) is 0.141. The number of nitrogens with zero attached hydrogens (tertiary/aromatic N) is 1. The maximum atomic E-state index is 14.0. The molecule has 0 bridgehead atoms. The third-order valence-electron chi connectivity index (χ3n) is 6.92. The molecule has 1 atom stereocenters. The molecule has 4 heteroatoms. The second-order valence-corrected chi connectivity index (χ2v) is 11.1. The topological polar surface area (TPSA) is 30.0 Å². The van der Waals surface area contributed by atoms with E-state index in [1.807, 2.05) is 18.3 Å². The number of pyridine rings is 1. The van der Waals surface area contributed by atoms with Crippen molar-refractivity contribution in [2.45, 2.75) is 30.1 Å². The zero-order valence-electron chi connectivity index (χ0n) is 19.4. The Balaban J connectivity index is 0.00000229. The van der Waals surface area contributed by atoms with Gasteiger partial charge in [-0.2, -0.15) is 0 Å². The van der Waals surface area contributed by atoms with E-state index in [4.69, 9.17) is 4.98 Å². The molecule has 5 aromatic carbocycles. The van der Waals surface area contributed by atoms with Crippen LogP contribution < -0.4 is 0 Å². The van der Waals surface area contributed by atoms with Gasteiger partial charge >= 0.3 is 0 Å². The Bertz CT molecular complexity index is 1840. The maximum Gasteiger partial charge on any atom is 0.0508 e. The van der Waals surface area contributed by atoms with Crippen LogP contribution in [0, 0.1) is 12.0 Å². The van der Waals surface area contributed by atoms with Gasteiger partial charge in [0.05, 0.1) is 10.8 Å². The molecule has 1 radical (unpaired) electrons. The van der Waals surface area contributed by atoms with E-state index in [0.29, 0.717) is 5.92 Å². The number of hydrogen-bond acceptors (Lipinski definition) is 2. The third kappa shape index (κ3) is 3.39. The third-order valence-corrected chi connectivity index (χ3v) is 8.37. The standard InChI is InChI=1S/C31H22NOS.Ir/c1-18(2)13-19-7-8-20-9-10-23-24-11-12-32-31-27-15-21-5-3-4-6-22(21)16-28(27)34(33)29(30(24)31)17-26(23)25(20)14-19;/h3-12,14,16-18H,13H2,1-2H3;/q-1;. The summed E-state index contributed by atoms with van der Waals surface area (Å²) in [5, 5.41) is 8.93. The van der Waals surface area contributed by atoms with Crippen molar-refractivity contribution in [3.05, 3.63) is 90.6 Å². The minimum atomic E-state index is -1.30. The van der Waals surface area contributed by atoms with Gasteiger partial charge in [0.15, 0.2) is 0 Å². The Morgan fingerprint density at radius 3 is 2.51 bits per heavy atom. The molecule has 0 spiro atoms. The first-order valence-electron chi connectivity index (χ1n) is 11.7. The SMILES string of the molecule is CC(C)Cc1ccc2ccc3c4ccnc5c4c(cc3c2c1)S(=O)c1cc2ccccc2[c-]c1-5.[Ir]. The Kier molecular flexibility index (Phi) is 5.37. The second-order valence-electron chi connectivity index (χ2n) is 9.64. The van der Waals surface area contributed by atoms with E-state index in [2.05, 4.69) is 80.6 Å². The fraction of sp³-hybridized carbons (Fsp3) is 0.129. The van der Waals surface area contributed by atoms with E-state index in [1.54, 1.807) is 0 Å². The first-order valence-corrected chi connectivity index (χ1v) is 12.9. The summed E-state index contributed by atoms with van der Waals surface area (Å²) in [5.74, 6) is 0.595. The molecule has 35 heavy (non-hydrogen) atoms. The molecule has 1 unspecified atom stereocenters. The summed E-state index contributed by atoms with van der Waals surface area (Å²) in [5.41, 5.74) is 3.07. The van der Waals surface area contributed by atoms with Gasteiger partial charge in [0.25, 0.3) is 0 Å². The van der Waals surface area contributed by atoms with Crippen molar-refractivity contribution in [3.8, 4) is 11.3 Å². The number of aromatic nitrogens is 1. The van der Waals surface area contributed by atoms with Gasteiger partial charge < -0.3 is 0 Å². The fourth-order valence-electron chi connectivity index (χ4n) is 5.44. The summed E-state index contributed by atoms with van der Waals surface area (Å²) in [6.07, 6.45) is 2.92. The molecule has 6 aromatic rings. The predicted molar refractivity (Wildman–Crippen MR) is 142 cm³/mol. The van der Waals surface area contributed by atoms with Crippen LogP contribution in [0.15, 0.2) is 88.8 Å². The van der Waals surface area contributed by atoms with E-state index < -0.39 is 10.8 Å². The monoisotopic (exact) mass is 649 g/mol. The first kappa shape index (κ1) is 22.5. The van der Waals surface area contributed by atoms with Crippen LogP contribution >= 0.6 is 0 Å². The van der Waals surface area contributed by atoms with Gasteiger partial charge in [0.1, 0.15) is 0 Å². The molecule has 0 amide bonds. The van der Waals surface area contributed by atoms with Gasteiger partial charge in [-0.15, -0.1) is 23.6 Å². The van der Waals surface area contributed by atoms with Crippen molar-refractivity contribution in [2.24, 2.45) is 5.92 Å². The molecule has 0 saturated heterocycles. The van der Waals surface area contributed by atoms with Crippen LogP contribution in [0.3, 0.4) is 0 Å². The summed E-state index contributed by atoms with van der Waals surface area (Å²) >= 11 is 0. The van der Waals surface area contributed by atoms with Crippen LogP contribution in [-0.4, -0.2) is 9.19 Å². The van der Waals surface area contributed by atoms with E-state index in [9.17, 15) is 4.21 Å². The Morgan fingerprint density at radius 2 is 1.66 bits per heavy atom. The van der Waals surface area contributed by atoms with Crippen molar-refractivity contribution in [1.82, 2.24) is 4.98 Å². The molecule has 1 aromatic heterocycles. The second kappa shape index (κ2) is 8.34. The largest absolute Gasteiger partial charge is 0.294 e. The van der Waals surface area contributed by atoms with Crippen LogP contribution in [0.5, 0.6) is 0 Å². The van der Waals surface area contributed by atoms with Crippen LogP contribution in [0.2, 0.25) is 0 Å². The Morgan fingerprint density at radius 1 is 0.829 bits per heavy atom. The minimum absolute atomic E-state index is 0. The molecule has 0 fully saturated rings. The van der Waals surface area contributed by atoms with E-state index in [-0.39, 0.29) is 20.1 Å². The molecule has 7 rings (SSSR count). The maximum absolute atomic E-state index is 14.0. The van der Waals surface area contributed by atoms with Crippen LogP contribution in [0.4, 0.5) is 0 Å². The summed E-state index contributed by atoms with van der Waals surface area (Å²) in [7, 11) is -1.30. The van der Waals surface area contributed by atoms with Gasteiger partial charge in [0.2, 0.25) is 0 Å². The van der Waals surface area contributed by atoms with Gasteiger partial charge in [-0.1, -0.05) is 73.3 Å². The molecule has 2 nitrogen and oxygen atoms in total. The fourth-order valence-corrected chi connectivity index (χ4v) is 6.86. The number of hydrogen-bond donors (Lipinski definition) is 0. The van der Waals surface area contributed by atoms with Crippen molar-refractivity contribution >= 4 is 53.9 Å². The molecule has 0 N–H and O–H groups in total. The molecule has 1 aliphatic heterocycles. The molecule has 173 valence electrons. The summed E-state index contributed by atoms with van der Waals surface area (Å²) in [6, 6.07) is 29.1. The van der Waals surface area contributed by atoms with Crippen LogP contribution in [0.1, 0.15) is 19.4 Å². The molecule has 0 aliphatic carbocycles. The molecule has 0 saturated carbocycles. The van der Waals surface area contributed by atoms with Gasteiger partial charge in [-0.25, -0.2) is 0 Å². The zero-order chi connectivity index (χ0) is 23.0. The molecule has 1 aliphatic rings. The normalized spacial score (nSPS) is 14.5. The van der Waals surface area contributed by atoms with Gasteiger partial charge in [-0.3, -0.25) is 9.19 Å². The minimum Gasteiger partial charge on any atom is -0.294 e. The Hall–Kier alpha value is -2.91. The van der Waals surface area contributed by atoms with E-state index >= 15 is 0 Å². The van der Waals surface area contributed by atoms with E-state index in [0.717, 1.165) is 54.4 Å². The van der Waals surface area contributed by atoms with Crippen LogP contribution in [-0.2, 0) is 37.3 Å². The molecule has 2 heterocycles. The summed E-state index contributed by atoms with van der Waals surface area (Å²) in [4.78, 5) is 6.42. The number of rotatable bonds is 2. The first-order chi connectivity index (χ1) is 16.6. The summed E-state index contributed by atoms with van der Waals surface area (Å²) in [6.45, 7) is 4.50. The Labute approximate surface area is 220 Å². The average Bonchev–Trinajstić information content (AvgIpc) is 2.85. The smallest absolute Gasteiger partial charge is 0.0508 e. The van der Waals surface area contributed by atoms with Gasteiger partial charge in [0, 0.05) is 36.9 Å². The van der Waals surface area contributed by atoms with Crippen molar-refractivity contribution in [1.29, 1.82) is 0 Å². The van der Waals surface area contributed by atoms with Crippen molar-refractivity contribution in [3.63, 3.8) is 0 Å². The van der Waals surface area contributed by atoms with Crippen molar-refractivity contribution in [2.75, 3.05) is 0 Å². The number of fused-ring (bicyclic) bond motifs is 7. The van der Waals surface area contributed by atoms with E-state index in [1.165, 1.54) is 21.7 Å². The molecular weight excluding hydrogens is 627 g/mol. The van der Waals surface area contributed by atoms with Crippen molar-refractivity contribution < 1.29 is 24.3 Å².